The number of amides is 1. The van der Waals surface area contributed by atoms with Gasteiger partial charge in [-0.1, -0.05) is 18.2 Å². The summed E-state index contributed by atoms with van der Waals surface area (Å²) in [6, 6.07) is 11.7. The van der Waals surface area contributed by atoms with Crippen LogP contribution in [0.5, 0.6) is 5.88 Å². The number of carbonyl (C=O) groups excluding carboxylic acids is 1. The Balaban J connectivity index is 1.61. The summed E-state index contributed by atoms with van der Waals surface area (Å²) in [4.78, 5) is 16.3. The van der Waals surface area contributed by atoms with Gasteiger partial charge in [-0.05, 0) is 17.3 Å². The first-order valence-corrected chi connectivity index (χ1v) is 6.88. The van der Waals surface area contributed by atoms with Gasteiger partial charge in [0.1, 0.15) is 0 Å². The number of para-hydroxylation sites is 1. The van der Waals surface area contributed by atoms with Crippen LogP contribution in [0.2, 0.25) is 0 Å². The topological polar surface area (TPSA) is 58.8 Å². The molecule has 3 rings (SSSR count). The molecule has 1 fully saturated rings. The Bertz CT molecular complexity index is 604. The van der Waals surface area contributed by atoms with Crippen molar-refractivity contribution in [3.8, 4) is 5.88 Å². The predicted molar refractivity (Wildman–Crippen MR) is 77.6 cm³/mol. The van der Waals surface area contributed by atoms with E-state index in [0.717, 1.165) is 13.1 Å². The Hall–Kier alpha value is -2.50. The van der Waals surface area contributed by atoms with E-state index >= 15 is 0 Å². The SMILES string of the molecule is COc1cc(C(=O)N2CCN(c3ccccc3)CC2)on1. The minimum atomic E-state index is -0.140. The number of piperazine rings is 1. The minimum absolute atomic E-state index is 0.140. The van der Waals surface area contributed by atoms with Crippen LogP contribution < -0.4 is 9.64 Å². The number of hydrogen-bond donors (Lipinski definition) is 0. The number of benzene rings is 1. The summed E-state index contributed by atoms with van der Waals surface area (Å²) in [5, 5.41) is 3.66. The molecule has 0 unspecified atom stereocenters. The largest absolute Gasteiger partial charge is 0.479 e. The number of carbonyl (C=O) groups is 1. The molecule has 6 nitrogen and oxygen atoms in total. The number of methoxy groups -OCH3 is 1. The second kappa shape index (κ2) is 5.87. The quantitative estimate of drug-likeness (QED) is 0.859. The van der Waals surface area contributed by atoms with Gasteiger partial charge in [0.15, 0.2) is 0 Å². The second-order valence-corrected chi connectivity index (χ2v) is 4.85. The molecule has 1 aliphatic rings. The molecule has 1 amide bonds. The molecule has 1 aliphatic heterocycles. The summed E-state index contributed by atoms with van der Waals surface area (Å²) in [5.74, 6) is 0.403. The Kier molecular flexibility index (Phi) is 3.77. The van der Waals surface area contributed by atoms with E-state index in [2.05, 4.69) is 22.2 Å². The summed E-state index contributed by atoms with van der Waals surface area (Å²) in [7, 11) is 1.49. The first-order chi connectivity index (χ1) is 10.3. The van der Waals surface area contributed by atoms with Gasteiger partial charge in [0.25, 0.3) is 11.8 Å². The first-order valence-electron chi connectivity index (χ1n) is 6.88. The molecule has 0 atom stereocenters. The maximum Gasteiger partial charge on any atom is 0.292 e. The molecule has 6 heteroatoms. The molecule has 1 aromatic carbocycles. The average molecular weight is 287 g/mol. The fraction of sp³-hybridized carbons (Fsp3) is 0.333. The predicted octanol–water partition coefficient (Wildman–Crippen LogP) is 1.65. The maximum absolute atomic E-state index is 12.3. The van der Waals surface area contributed by atoms with E-state index in [9.17, 15) is 4.79 Å². The van der Waals surface area contributed by atoms with Crippen molar-refractivity contribution in [3.05, 3.63) is 42.2 Å². The van der Waals surface area contributed by atoms with Gasteiger partial charge >= 0.3 is 0 Å². The van der Waals surface area contributed by atoms with Crippen LogP contribution in [0.25, 0.3) is 0 Å². The smallest absolute Gasteiger partial charge is 0.292 e. The molecule has 1 saturated heterocycles. The third-order valence-corrected chi connectivity index (χ3v) is 3.60. The third kappa shape index (κ3) is 2.84. The van der Waals surface area contributed by atoms with Gasteiger partial charge in [0.05, 0.1) is 13.2 Å². The van der Waals surface area contributed by atoms with Gasteiger partial charge in [-0.25, -0.2) is 0 Å². The van der Waals surface area contributed by atoms with E-state index in [1.165, 1.54) is 18.9 Å². The number of anilines is 1. The zero-order valence-electron chi connectivity index (χ0n) is 11.9. The van der Waals surface area contributed by atoms with E-state index in [0.29, 0.717) is 19.0 Å². The van der Waals surface area contributed by atoms with Crippen LogP contribution in [0.4, 0.5) is 5.69 Å². The Morgan fingerprint density at radius 3 is 2.52 bits per heavy atom. The Labute approximate surface area is 122 Å². The molecular formula is C15H17N3O3. The molecule has 2 heterocycles. The zero-order chi connectivity index (χ0) is 14.7. The lowest BCUT2D eigenvalue weighted by Crippen LogP contribution is -2.48. The van der Waals surface area contributed by atoms with Crippen molar-refractivity contribution in [2.45, 2.75) is 0 Å². The monoisotopic (exact) mass is 287 g/mol. The molecule has 1 aromatic heterocycles. The number of hydrogen-bond acceptors (Lipinski definition) is 5. The summed E-state index contributed by atoms with van der Waals surface area (Å²) >= 11 is 0. The summed E-state index contributed by atoms with van der Waals surface area (Å²) in [6.45, 7) is 2.94. The number of aromatic nitrogens is 1. The lowest BCUT2D eigenvalue weighted by Gasteiger charge is -2.35. The van der Waals surface area contributed by atoms with Crippen molar-refractivity contribution in [2.75, 3.05) is 38.2 Å². The van der Waals surface area contributed by atoms with Crippen LogP contribution in [0.15, 0.2) is 40.9 Å². The van der Waals surface area contributed by atoms with Gasteiger partial charge in [-0.2, -0.15) is 0 Å². The van der Waals surface area contributed by atoms with Crippen LogP contribution in [-0.2, 0) is 0 Å². The van der Waals surface area contributed by atoms with Gasteiger partial charge in [-0.15, -0.1) is 0 Å². The molecule has 0 spiro atoms. The summed E-state index contributed by atoms with van der Waals surface area (Å²) < 4.78 is 9.93. The van der Waals surface area contributed by atoms with Crippen molar-refractivity contribution in [1.82, 2.24) is 10.1 Å². The summed E-state index contributed by atoms with van der Waals surface area (Å²) in [6.07, 6.45) is 0. The van der Waals surface area contributed by atoms with Crippen molar-refractivity contribution in [3.63, 3.8) is 0 Å². The number of nitrogens with zero attached hydrogens (tertiary/aromatic N) is 3. The fourth-order valence-electron chi connectivity index (χ4n) is 2.42. The van der Waals surface area contributed by atoms with Gasteiger partial charge in [0.2, 0.25) is 5.76 Å². The van der Waals surface area contributed by atoms with Crippen molar-refractivity contribution < 1.29 is 14.1 Å². The highest BCUT2D eigenvalue weighted by Gasteiger charge is 2.25. The molecule has 0 saturated carbocycles. The average Bonchev–Trinajstić information content (AvgIpc) is 3.04. The maximum atomic E-state index is 12.3. The standard InChI is InChI=1S/C15H17N3O3/c1-20-14-11-13(21-16-14)15(19)18-9-7-17(8-10-18)12-5-3-2-4-6-12/h2-6,11H,7-10H2,1H3. The van der Waals surface area contributed by atoms with Crippen LogP contribution >= 0.6 is 0 Å². The molecule has 0 N–H and O–H groups in total. The number of rotatable bonds is 3. The third-order valence-electron chi connectivity index (χ3n) is 3.60. The lowest BCUT2D eigenvalue weighted by molar-refractivity contribution is 0.0704. The molecule has 0 radical (unpaired) electrons. The van der Waals surface area contributed by atoms with Crippen molar-refractivity contribution in [2.24, 2.45) is 0 Å². The minimum Gasteiger partial charge on any atom is -0.479 e. The van der Waals surface area contributed by atoms with Gasteiger partial charge < -0.3 is 19.1 Å². The second-order valence-electron chi connectivity index (χ2n) is 4.85. The molecule has 0 aliphatic carbocycles. The lowest BCUT2D eigenvalue weighted by atomic mass is 10.2. The molecule has 21 heavy (non-hydrogen) atoms. The van der Waals surface area contributed by atoms with E-state index < -0.39 is 0 Å². The molecular weight excluding hydrogens is 270 g/mol. The summed E-state index contributed by atoms with van der Waals surface area (Å²) in [5.41, 5.74) is 1.19. The van der Waals surface area contributed by atoms with E-state index in [4.69, 9.17) is 9.26 Å². The van der Waals surface area contributed by atoms with Gasteiger partial charge in [0, 0.05) is 31.9 Å². The van der Waals surface area contributed by atoms with Crippen LogP contribution in [-0.4, -0.2) is 49.3 Å². The zero-order valence-corrected chi connectivity index (χ0v) is 11.9. The van der Waals surface area contributed by atoms with Crippen molar-refractivity contribution in [1.29, 1.82) is 0 Å². The van der Waals surface area contributed by atoms with Crippen LogP contribution in [0.1, 0.15) is 10.6 Å². The van der Waals surface area contributed by atoms with Crippen LogP contribution in [0.3, 0.4) is 0 Å². The number of ether oxygens (including phenoxy) is 1. The highest BCUT2D eigenvalue weighted by Crippen LogP contribution is 2.18. The molecule has 110 valence electrons. The molecule has 2 aromatic rings. The van der Waals surface area contributed by atoms with Crippen LogP contribution in [0, 0.1) is 0 Å². The Morgan fingerprint density at radius 1 is 1.19 bits per heavy atom. The highest BCUT2D eigenvalue weighted by atomic mass is 16.5. The normalized spacial score (nSPS) is 15.1. The van der Waals surface area contributed by atoms with Crippen molar-refractivity contribution >= 4 is 11.6 Å². The van der Waals surface area contributed by atoms with E-state index in [1.807, 2.05) is 18.2 Å². The molecule has 0 bridgehead atoms. The Morgan fingerprint density at radius 2 is 1.90 bits per heavy atom. The van der Waals surface area contributed by atoms with E-state index in [-0.39, 0.29) is 11.7 Å². The van der Waals surface area contributed by atoms with Gasteiger partial charge in [-0.3, -0.25) is 4.79 Å². The first kappa shape index (κ1) is 13.5. The van der Waals surface area contributed by atoms with E-state index in [1.54, 1.807) is 4.90 Å². The highest BCUT2D eigenvalue weighted by molar-refractivity contribution is 5.91. The fourth-order valence-corrected chi connectivity index (χ4v) is 2.42.